The van der Waals surface area contributed by atoms with Crippen LogP contribution in [0, 0.1) is 0 Å². The van der Waals surface area contributed by atoms with Crippen molar-refractivity contribution in [2.24, 2.45) is 0 Å². The van der Waals surface area contributed by atoms with Gasteiger partial charge in [-0.05, 0) is 0 Å². The van der Waals surface area contributed by atoms with Crippen molar-refractivity contribution in [3.8, 4) is 0 Å². The molecule has 0 bridgehead atoms. The maximum absolute atomic E-state index is 5.91. The first-order valence-corrected chi connectivity index (χ1v) is 8.89. The maximum atomic E-state index is 5.91. The Labute approximate surface area is 127 Å². The van der Waals surface area contributed by atoms with Gasteiger partial charge >= 0.3 is 127 Å². The SMILES string of the molecule is C=CCOC(C[Se]c1ccccc1)Cc1ccccc1. The molecule has 0 saturated carbocycles. The first-order chi connectivity index (χ1) is 9.88. The van der Waals surface area contributed by atoms with Crippen LogP contribution in [0.15, 0.2) is 73.3 Å². The van der Waals surface area contributed by atoms with Crippen LogP contribution in [0.4, 0.5) is 0 Å². The van der Waals surface area contributed by atoms with Gasteiger partial charge in [0, 0.05) is 0 Å². The summed E-state index contributed by atoms with van der Waals surface area (Å²) in [5.74, 6) is 0. The van der Waals surface area contributed by atoms with Crippen LogP contribution in [-0.4, -0.2) is 27.7 Å². The average molecular weight is 331 g/mol. The van der Waals surface area contributed by atoms with Gasteiger partial charge in [-0.1, -0.05) is 0 Å². The van der Waals surface area contributed by atoms with Crippen LogP contribution in [0.25, 0.3) is 0 Å². The fraction of sp³-hybridized carbons (Fsp3) is 0.222. The van der Waals surface area contributed by atoms with Crippen molar-refractivity contribution in [2.45, 2.75) is 17.8 Å². The molecule has 104 valence electrons. The van der Waals surface area contributed by atoms with E-state index in [2.05, 4.69) is 67.2 Å². The summed E-state index contributed by atoms with van der Waals surface area (Å²) in [6.07, 6.45) is 3.08. The Morgan fingerprint density at radius 2 is 1.65 bits per heavy atom. The molecule has 2 aromatic carbocycles. The molecule has 0 heterocycles. The molecule has 0 aliphatic carbocycles. The minimum atomic E-state index is 0.274. The summed E-state index contributed by atoms with van der Waals surface area (Å²) in [7, 11) is 0. The molecule has 20 heavy (non-hydrogen) atoms. The summed E-state index contributed by atoms with van der Waals surface area (Å²) in [5, 5.41) is 1.10. The van der Waals surface area contributed by atoms with Gasteiger partial charge in [-0.3, -0.25) is 0 Å². The second kappa shape index (κ2) is 8.76. The number of rotatable bonds is 8. The van der Waals surface area contributed by atoms with Crippen LogP contribution >= 0.6 is 0 Å². The average Bonchev–Trinajstić information content (AvgIpc) is 2.52. The quantitative estimate of drug-likeness (QED) is 0.533. The molecule has 0 aliphatic heterocycles. The molecule has 0 aromatic heterocycles. The zero-order chi connectivity index (χ0) is 14.0. The van der Waals surface area contributed by atoms with E-state index >= 15 is 0 Å². The number of hydrogen-bond donors (Lipinski definition) is 0. The van der Waals surface area contributed by atoms with Crippen molar-refractivity contribution < 1.29 is 4.74 Å². The van der Waals surface area contributed by atoms with Crippen molar-refractivity contribution >= 4 is 19.4 Å². The van der Waals surface area contributed by atoms with Crippen molar-refractivity contribution in [1.29, 1.82) is 0 Å². The zero-order valence-electron chi connectivity index (χ0n) is 11.6. The molecule has 0 fully saturated rings. The molecule has 0 saturated heterocycles. The van der Waals surface area contributed by atoms with E-state index in [4.69, 9.17) is 4.74 Å². The standard InChI is InChI=1S/C18H20OSe/c1-2-13-19-17(14-16-9-5-3-6-10-16)15-20-18-11-7-4-8-12-18/h2-12,17H,1,13-15H2. The summed E-state index contributed by atoms with van der Waals surface area (Å²) in [4.78, 5) is 0. The normalized spacial score (nSPS) is 12.0. The molecule has 2 rings (SSSR count). The number of ether oxygens (including phenoxy) is 1. The minimum absolute atomic E-state index is 0.274. The van der Waals surface area contributed by atoms with Gasteiger partial charge in [-0.2, -0.15) is 0 Å². The van der Waals surface area contributed by atoms with E-state index in [1.807, 2.05) is 6.08 Å². The van der Waals surface area contributed by atoms with E-state index in [1.54, 1.807) is 0 Å². The van der Waals surface area contributed by atoms with Gasteiger partial charge in [0.2, 0.25) is 0 Å². The first kappa shape index (κ1) is 15.1. The molecule has 2 heteroatoms. The van der Waals surface area contributed by atoms with Crippen LogP contribution in [-0.2, 0) is 11.2 Å². The third kappa shape index (κ3) is 5.34. The van der Waals surface area contributed by atoms with E-state index in [0.717, 1.165) is 11.7 Å². The van der Waals surface area contributed by atoms with Gasteiger partial charge in [0.15, 0.2) is 0 Å². The van der Waals surface area contributed by atoms with Crippen LogP contribution < -0.4 is 4.46 Å². The van der Waals surface area contributed by atoms with Crippen LogP contribution in [0.2, 0.25) is 5.32 Å². The van der Waals surface area contributed by atoms with Gasteiger partial charge in [-0.15, -0.1) is 0 Å². The Morgan fingerprint density at radius 3 is 2.30 bits per heavy atom. The topological polar surface area (TPSA) is 9.23 Å². The third-order valence-electron chi connectivity index (χ3n) is 2.94. The van der Waals surface area contributed by atoms with Gasteiger partial charge in [0.1, 0.15) is 0 Å². The summed E-state index contributed by atoms with van der Waals surface area (Å²) < 4.78 is 7.35. The van der Waals surface area contributed by atoms with Gasteiger partial charge < -0.3 is 0 Å². The van der Waals surface area contributed by atoms with Crippen molar-refractivity contribution in [3.05, 3.63) is 78.9 Å². The Morgan fingerprint density at radius 1 is 1.00 bits per heavy atom. The van der Waals surface area contributed by atoms with E-state index < -0.39 is 0 Å². The van der Waals surface area contributed by atoms with Crippen molar-refractivity contribution in [2.75, 3.05) is 6.61 Å². The van der Waals surface area contributed by atoms with Crippen molar-refractivity contribution in [3.63, 3.8) is 0 Å². The summed E-state index contributed by atoms with van der Waals surface area (Å²) in [6, 6.07) is 21.2. The molecule has 0 spiro atoms. The summed E-state index contributed by atoms with van der Waals surface area (Å²) in [6.45, 7) is 4.37. The second-order valence-electron chi connectivity index (χ2n) is 4.56. The van der Waals surface area contributed by atoms with E-state index in [0.29, 0.717) is 21.6 Å². The molecule has 1 unspecified atom stereocenters. The zero-order valence-corrected chi connectivity index (χ0v) is 13.3. The van der Waals surface area contributed by atoms with E-state index in [9.17, 15) is 0 Å². The van der Waals surface area contributed by atoms with Crippen LogP contribution in [0.3, 0.4) is 0 Å². The van der Waals surface area contributed by atoms with E-state index in [1.165, 1.54) is 10.0 Å². The molecular formula is C18H20OSe. The van der Waals surface area contributed by atoms with Gasteiger partial charge in [0.25, 0.3) is 0 Å². The molecule has 0 amide bonds. The second-order valence-corrected chi connectivity index (χ2v) is 6.85. The van der Waals surface area contributed by atoms with Gasteiger partial charge in [-0.25, -0.2) is 0 Å². The number of benzene rings is 2. The fourth-order valence-electron chi connectivity index (χ4n) is 1.95. The molecule has 1 atom stereocenters. The van der Waals surface area contributed by atoms with E-state index in [-0.39, 0.29) is 6.10 Å². The molecule has 1 nitrogen and oxygen atoms in total. The predicted molar refractivity (Wildman–Crippen MR) is 86.7 cm³/mol. The molecular weight excluding hydrogens is 311 g/mol. The van der Waals surface area contributed by atoms with Gasteiger partial charge in [0.05, 0.1) is 0 Å². The summed E-state index contributed by atoms with van der Waals surface area (Å²) in [5.41, 5.74) is 1.34. The predicted octanol–water partition coefficient (Wildman–Crippen LogP) is 3.25. The molecule has 0 aliphatic rings. The Bertz CT molecular complexity index is 495. The Kier molecular flexibility index (Phi) is 6.59. The molecule has 0 N–H and O–H groups in total. The Balaban J connectivity index is 1.91. The Hall–Kier alpha value is -1.34. The monoisotopic (exact) mass is 332 g/mol. The molecule has 0 radical (unpaired) electrons. The summed E-state index contributed by atoms with van der Waals surface area (Å²) >= 11 is 0.460. The van der Waals surface area contributed by atoms with Crippen LogP contribution in [0.5, 0.6) is 0 Å². The fourth-order valence-corrected chi connectivity index (χ4v) is 3.93. The first-order valence-electron chi connectivity index (χ1n) is 6.83. The van der Waals surface area contributed by atoms with Crippen LogP contribution in [0.1, 0.15) is 5.56 Å². The van der Waals surface area contributed by atoms with Crippen molar-refractivity contribution in [1.82, 2.24) is 0 Å². The third-order valence-corrected chi connectivity index (χ3v) is 5.34. The number of hydrogen-bond acceptors (Lipinski definition) is 1. The molecule has 2 aromatic rings.